The van der Waals surface area contributed by atoms with Crippen LogP contribution in [0.4, 0.5) is 0 Å². The summed E-state index contributed by atoms with van der Waals surface area (Å²) in [6.07, 6.45) is 0.194. The highest BCUT2D eigenvalue weighted by atomic mass is 32.1. The van der Waals surface area contributed by atoms with E-state index in [9.17, 15) is 9.59 Å². The number of methoxy groups -OCH3 is 1. The van der Waals surface area contributed by atoms with Gasteiger partial charge in [-0.15, -0.1) is 0 Å². The molecule has 0 atom stereocenters. The van der Waals surface area contributed by atoms with Gasteiger partial charge in [0.2, 0.25) is 6.79 Å². The maximum Gasteiger partial charge on any atom is 0.307 e. The molecule has 1 aliphatic heterocycles. The molecule has 2 aromatic rings. The van der Waals surface area contributed by atoms with Crippen LogP contribution in [0.5, 0.6) is 11.5 Å². The fraction of sp³-hybridized carbons (Fsp3) is 0.438. The molecular weight excluding hydrogens is 332 g/mol. The van der Waals surface area contributed by atoms with E-state index >= 15 is 0 Å². The van der Waals surface area contributed by atoms with E-state index in [1.807, 2.05) is 16.7 Å². The average molecular weight is 350 g/mol. The number of benzene rings is 1. The first-order valence-electron chi connectivity index (χ1n) is 7.58. The Morgan fingerprint density at radius 2 is 2.04 bits per heavy atom. The SMILES string of the molecule is COC(=O)CCn1c(=NC(=O)C(C)C)sc2cc3c(cc21)OCO3. The first-order chi connectivity index (χ1) is 11.5. The van der Waals surface area contributed by atoms with Crippen molar-refractivity contribution in [1.82, 2.24) is 4.57 Å². The standard InChI is InChI=1S/C16H18N2O5S/c1-9(2)15(20)17-16-18(5-4-14(19)21-3)10-6-11-12(23-8-22-11)7-13(10)24-16/h6-7,9H,4-5,8H2,1-3H3. The van der Waals surface area contributed by atoms with Gasteiger partial charge in [0.25, 0.3) is 5.91 Å². The number of rotatable bonds is 4. The van der Waals surface area contributed by atoms with Gasteiger partial charge in [-0.3, -0.25) is 9.59 Å². The zero-order chi connectivity index (χ0) is 17.3. The maximum absolute atomic E-state index is 12.0. The number of ether oxygens (including phenoxy) is 3. The Labute approximate surface area is 142 Å². The monoisotopic (exact) mass is 350 g/mol. The highest BCUT2D eigenvalue weighted by Crippen LogP contribution is 2.37. The van der Waals surface area contributed by atoms with Crippen molar-refractivity contribution in [3.63, 3.8) is 0 Å². The van der Waals surface area contributed by atoms with Crippen LogP contribution in [0.1, 0.15) is 20.3 Å². The lowest BCUT2D eigenvalue weighted by molar-refractivity contribution is -0.140. The van der Waals surface area contributed by atoms with Crippen molar-refractivity contribution in [2.75, 3.05) is 13.9 Å². The second-order valence-electron chi connectivity index (χ2n) is 5.64. The van der Waals surface area contributed by atoms with Crippen molar-refractivity contribution in [3.05, 3.63) is 16.9 Å². The number of nitrogens with zero attached hydrogens (tertiary/aromatic N) is 2. The summed E-state index contributed by atoms with van der Waals surface area (Å²) in [5, 5.41) is 0. The summed E-state index contributed by atoms with van der Waals surface area (Å²) >= 11 is 1.38. The van der Waals surface area contributed by atoms with Crippen molar-refractivity contribution >= 4 is 33.4 Å². The molecule has 1 aromatic heterocycles. The summed E-state index contributed by atoms with van der Waals surface area (Å²) < 4.78 is 18.3. The van der Waals surface area contributed by atoms with Crippen molar-refractivity contribution in [3.8, 4) is 11.5 Å². The van der Waals surface area contributed by atoms with Gasteiger partial charge < -0.3 is 18.8 Å². The predicted molar refractivity (Wildman–Crippen MR) is 88.0 cm³/mol. The van der Waals surface area contributed by atoms with E-state index < -0.39 is 0 Å². The summed E-state index contributed by atoms with van der Waals surface area (Å²) in [5.74, 6) is 0.609. The molecule has 0 saturated heterocycles. The van der Waals surface area contributed by atoms with Crippen LogP contribution in [-0.4, -0.2) is 30.3 Å². The zero-order valence-corrected chi connectivity index (χ0v) is 14.5. The molecular formula is C16H18N2O5S. The van der Waals surface area contributed by atoms with Crippen molar-refractivity contribution in [2.24, 2.45) is 10.9 Å². The lowest BCUT2D eigenvalue weighted by Crippen LogP contribution is -2.20. The van der Waals surface area contributed by atoms with Crippen LogP contribution in [0, 0.1) is 5.92 Å². The van der Waals surface area contributed by atoms with E-state index in [0.717, 1.165) is 10.2 Å². The van der Waals surface area contributed by atoms with Crippen molar-refractivity contribution in [2.45, 2.75) is 26.8 Å². The largest absolute Gasteiger partial charge is 0.469 e. The third kappa shape index (κ3) is 3.14. The third-order valence-electron chi connectivity index (χ3n) is 3.64. The molecule has 128 valence electrons. The minimum atomic E-state index is -0.316. The molecule has 1 amide bonds. The van der Waals surface area contributed by atoms with Gasteiger partial charge in [0.1, 0.15) is 0 Å². The number of aryl methyl sites for hydroxylation is 1. The highest BCUT2D eigenvalue weighted by molar-refractivity contribution is 7.16. The number of thiazole rings is 1. The van der Waals surface area contributed by atoms with Crippen LogP contribution in [0.25, 0.3) is 10.2 Å². The van der Waals surface area contributed by atoms with E-state index in [4.69, 9.17) is 14.2 Å². The lowest BCUT2D eigenvalue weighted by Gasteiger charge is -2.05. The molecule has 8 heteroatoms. The van der Waals surface area contributed by atoms with Crippen molar-refractivity contribution < 1.29 is 23.8 Å². The molecule has 0 saturated carbocycles. The molecule has 1 aliphatic rings. The van der Waals surface area contributed by atoms with Gasteiger partial charge in [-0.1, -0.05) is 25.2 Å². The van der Waals surface area contributed by atoms with Gasteiger partial charge in [0, 0.05) is 24.6 Å². The summed E-state index contributed by atoms with van der Waals surface area (Å²) in [6.45, 7) is 4.16. The summed E-state index contributed by atoms with van der Waals surface area (Å²) in [5.41, 5.74) is 0.850. The molecule has 0 aliphatic carbocycles. The molecule has 0 N–H and O–H groups in total. The fourth-order valence-corrected chi connectivity index (χ4v) is 3.36. The average Bonchev–Trinajstić information content (AvgIpc) is 3.13. The highest BCUT2D eigenvalue weighted by Gasteiger charge is 2.18. The number of aromatic nitrogens is 1. The third-order valence-corrected chi connectivity index (χ3v) is 4.69. The van der Waals surface area contributed by atoms with Crippen LogP contribution >= 0.6 is 11.3 Å². The van der Waals surface area contributed by atoms with Gasteiger partial charge in [0.15, 0.2) is 16.3 Å². The molecule has 0 unspecified atom stereocenters. The maximum atomic E-state index is 12.0. The van der Waals surface area contributed by atoms with Gasteiger partial charge >= 0.3 is 5.97 Å². The first kappa shape index (κ1) is 16.5. The minimum Gasteiger partial charge on any atom is -0.469 e. The molecule has 7 nitrogen and oxygen atoms in total. The normalized spacial score (nSPS) is 13.8. The van der Waals surface area contributed by atoms with Gasteiger partial charge in [-0.2, -0.15) is 4.99 Å². The summed E-state index contributed by atoms with van der Waals surface area (Å²) in [4.78, 5) is 28.3. The number of esters is 1. The Morgan fingerprint density at radius 3 is 2.71 bits per heavy atom. The molecule has 0 fully saturated rings. The number of hydrogen-bond donors (Lipinski definition) is 0. The van der Waals surface area contributed by atoms with E-state index in [1.54, 1.807) is 13.8 Å². The van der Waals surface area contributed by atoms with Gasteiger partial charge in [-0.05, 0) is 0 Å². The summed E-state index contributed by atoms with van der Waals surface area (Å²) in [6, 6.07) is 3.72. The molecule has 24 heavy (non-hydrogen) atoms. The van der Waals surface area contributed by atoms with Crippen LogP contribution in [0.3, 0.4) is 0 Å². The van der Waals surface area contributed by atoms with E-state index in [0.29, 0.717) is 22.8 Å². The Balaban J connectivity index is 2.11. The number of carbonyl (C=O) groups is 2. The van der Waals surface area contributed by atoms with Gasteiger partial charge in [0.05, 0.1) is 23.7 Å². The Hall–Kier alpha value is -2.35. The first-order valence-corrected chi connectivity index (χ1v) is 8.39. The van der Waals surface area contributed by atoms with Crippen LogP contribution < -0.4 is 14.3 Å². The molecule has 3 rings (SSSR count). The predicted octanol–water partition coefficient (Wildman–Crippen LogP) is 2.08. The van der Waals surface area contributed by atoms with Crippen LogP contribution in [-0.2, 0) is 20.9 Å². The van der Waals surface area contributed by atoms with E-state index in [1.165, 1.54) is 18.4 Å². The van der Waals surface area contributed by atoms with Crippen LogP contribution in [0.2, 0.25) is 0 Å². The minimum absolute atomic E-state index is 0.192. The quantitative estimate of drug-likeness (QED) is 0.789. The molecule has 2 heterocycles. The van der Waals surface area contributed by atoms with E-state index in [2.05, 4.69) is 4.99 Å². The molecule has 0 radical (unpaired) electrons. The number of amides is 1. The fourth-order valence-electron chi connectivity index (χ4n) is 2.29. The van der Waals surface area contributed by atoms with E-state index in [-0.39, 0.29) is 31.0 Å². The molecule has 0 bridgehead atoms. The Morgan fingerprint density at radius 1 is 1.33 bits per heavy atom. The number of fused-ring (bicyclic) bond motifs is 2. The second-order valence-corrected chi connectivity index (χ2v) is 6.65. The van der Waals surface area contributed by atoms with Crippen molar-refractivity contribution in [1.29, 1.82) is 0 Å². The smallest absolute Gasteiger partial charge is 0.307 e. The topological polar surface area (TPSA) is 79.1 Å². The second kappa shape index (κ2) is 6.64. The summed E-state index contributed by atoms with van der Waals surface area (Å²) in [7, 11) is 1.35. The Kier molecular flexibility index (Phi) is 4.57. The molecule has 1 aromatic carbocycles. The van der Waals surface area contributed by atoms with Gasteiger partial charge in [-0.25, -0.2) is 0 Å². The lowest BCUT2D eigenvalue weighted by atomic mass is 10.2. The molecule has 0 spiro atoms. The van der Waals surface area contributed by atoms with Crippen LogP contribution in [0.15, 0.2) is 17.1 Å². The zero-order valence-electron chi connectivity index (χ0n) is 13.7. The number of hydrogen-bond acceptors (Lipinski definition) is 6. The number of carbonyl (C=O) groups excluding carboxylic acids is 2. The Bertz CT molecular complexity index is 865.